The Bertz CT molecular complexity index is 474. The first kappa shape index (κ1) is 15.9. The Kier molecular flexibility index (Phi) is 4.94. The summed E-state index contributed by atoms with van der Waals surface area (Å²) in [6.45, 7) is 8.63. The number of hydrogen-bond donors (Lipinski definition) is 0. The van der Waals surface area contributed by atoms with Gasteiger partial charge in [0.15, 0.2) is 0 Å². The fourth-order valence-electron chi connectivity index (χ4n) is 1.27. The molecule has 1 atom stereocenters. The summed E-state index contributed by atoms with van der Waals surface area (Å²) in [6.07, 6.45) is -0.307. The monoisotopic (exact) mass is 284 g/mol. The van der Waals surface area contributed by atoms with Crippen LogP contribution in [0.5, 0.6) is 0 Å². The molecule has 0 bridgehead atoms. The molecule has 0 saturated carbocycles. The lowest BCUT2D eigenvalue weighted by Gasteiger charge is -2.24. The summed E-state index contributed by atoms with van der Waals surface area (Å²) < 4.78 is 23.4. The summed E-state index contributed by atoms with van der Waals surface area (Å²) in [5.74, 6) is -0.541. The van der Waals surface area contributed by atoms with Crippen molar-refractivity contribution in [2.75, 3.05) is 0 Å². The lowest BCUT2D eigenvalue weighted by molar-refractivity contribution is -0.143. The maximum atomic E-state index is 12.8. The van der Waals surface area contributed by atoms with Crippen molar-refractivity contribution >= 4 is 18.9 Å². The van der Waals surface area contributed by atoms with Crippen LogP contribution in [0.3, 0.4) is 0 Å². The Morgan fingerprint density at radius 1 is 1.16 bits per heavy atom. The van der Waals surface area contributed by atoms with Crippen molar-refractivity contribution in [1.29, 1.82) is 0 Å². The second-order valence-corrected chi connectivity index (χ2v) is 7.52. The van der Waals surface area contributed by atoms with Gasteiger partial charge in [0.05, 0.1) is 16.8 Å². The van der Waals surface area contributed by atoms with Crippen molar-refractivity contribution in [3.8, 4) is 0 Å². The molecule has 0 aliphatic carbocycles. The zero-order valence-electron chi connectivity index (χ0n) is 12.0. The molecular formula is C14H21O4P. The minimum absolute atomic E-state index is 0.307. The van der Waals surface area contributed by atoms with Gasteiger partial charge in [-0.1, -0.05) is 18.2 Å². The SMILES string of the molecule is CC(C)OP(=O)(OC(=O)C(C)(C)C)c1ccccc1. The van der Waals surface area contributed by atoms with Crippen LogP contribution in [0.15, 0.2) is 30.3 Å². The summed E-state index contributed by atoms with van der Waals surface area (Å²) >= 11 is 0. The van der Waals surface area contributed by atoms with E-state index in [1.165, 1.54) is 0 Å². The van der Waals surface area contributed by atoms with E-state index in [2.05, 4.69) is 0 Å². The van der Waals surface area contributed by atoms with Gasteiger partial charge in [0.25, 0.3) is 0 Å². The van der Waals surface area contributed by atoms with E-state index < -0.39 is 19.0 Å². The van der Waals surface area contributed by atoms with Crippen LogP contribution in [0.2, 0.25) is 0 Å². The molecule has 1 unspecified atom stereocenters. The van der Waals surface area contributed by atoms with E-state index in [0.717, 1.165) is 0 Å². The smallest absolute Gasteiger partial charge is 0.388 e. The zero-order valence-corrected chi connectivity index (χ0v) is 12.9. The standard InChI is InChI=1S/C14H21O4P/c1-11(2)17-19(16,12-9-7-6-8-10-12)18-13(15)14(3,4)5/h6-11H,1-5H3. The van der Waals surface area contributed by atoms with Gasteiger partial charge in [-0.3, -0.25) is 9.32 Å². The summed E-state index contributed by atoms with van der Waals surface area (Å²) in [5, 5.41) is 0.390. The molecule has 19 heavy (non-hydrogen) atoms. The van der Waals surface area contributed by atoms with Crippen molar-refractivity contribution in [3.63, 3.8) is 0 Å². The second-order valence-electron chi connectivity index (χ2n) is 5.62. The fourth-order valence-corrected chi connectivity index (χ4v) is 3.12. The maximum Gasteiger partial charge on any atom is 0.413 e. The average molecular weight is 284 g/mol. The topological polar surface area (TPSA) is 52.6 Å². The number of carbonyl (C=O) groups is 1. The van der Waals surface area contributed by atoms with Crippen LogP contribution in [0.25, 0.3) is 0 Å². The van der Waals surface area contributed by atoms with Gasteiger partial charge in [-0.05, 0) is 46.8 Å². The van der Waals surface area contributed by atoms with Crippen LogP contribution in [-0.2, 0) is 18.4 Å². The molecule has 0 aromatic heterocycles. The first-order chi connectivity index (χ1) is 8.65. The van der Waals surface area contributed by atoms with Gasteiger partial charge in [-0.25, -0.2) is 4.57 Å². The Morgan fingerprint density at radius 2 is 1.68 bits per heavy atom. The summed E-state index contributed by atoms with van der Waals surface area (Å²) in [5.41, 5.74) is -0.731. The summed E-state index contributed by atoms with van der Waals surface area (Å²) in [6, 6.07) is 8.54. The molecule has 0 fully saturated rings. The third-order valence-electron chi connectivity index (χ3n) is 2.24. The van der Waals surface area contributed by atoms with Crippen molar-refractivity contribution in [1.82, 2.24) is 0 Å². The van der Waals surface area contributed by atoms with Crippen molar-refractivity contribution in [3.05, 3.63) is 30.3 Å². The molecule has 0 saturated heterocycles. The van der Waals surface area contributed by atoms with E-state index in [1.807, 2.05) is 0 Å². The maximum absolute atomic E-state index is 12.8. The van der Waals surface area contributed by atoms with Crippen LogP contribution >= 0.6 is 7.60 Å². The molecule has 0 amide bonds. The lowest BCUT2D eigenvalue weighted by Crippen LogP contribution is -2.25. The van der Waals surface area contributed by atoms with Crippen LogP contribution in [0.1, 0.15) is 34.6 Å². The third kappa shape index (κ3) is 4.48. The molecule has 4 nitrogen and oxygen atoms in total. The van der Waals surface area contributed by atoms with E-state index in [9.17, 15) is 9.36 Å². The van der Waals surface area contributed by atoms with Gasteiger partial charge in [-0.15, -0.1) is 0 Å². The summed E-state index contributed by atoms with van der Waals surface area (Å²) in [7, 11) is -3.63. The van der Waals surface area contributed by atoms with E-state index in [1.54, 1.807) is 65.0 Å². The first-order valence-corrected chi connectivity index (χ1v) is 7.77. The van der Waals surface area contributed by atoms with Gasteiger partial charge in [0.2, 0.25) is 0 Å². The molecule has 0 radical (unpaired) electrons. The Hall–Kier alpha value is -1.12. The highest BCUT2D eigenvalue weighted by Crippen LogP contribution is 2.49. The Labute approximate surface area is 114 Å². The minimum Gasteiger partial charge on any atom is -0.388 e. The summed E-state index contributed by atoms with van der Waals surface area (Å²) in [4.78, 5) is 12.0. The Morgan fingerprint density at radius 3 is 2.11 bits per heavy atom. The van der Waals surface area contributed by atoms with E-state index >= 15 is 0 Å². The average Bonchev–Trinajstić information content (AvgIpc) is 2.27. The first-order valence-electron chi connectivity index (χ1n) is 6.23. The Balaban J connectivity index is 3.09. The van der Waals surface area contributed by atoms with Crippen LogP contribution < -0.4 is 5.30 Å². The van der Waals surface area contributed by atoms with Crippen molar-refractivity contribution < 1.29 is 18.4 Å². The van der Waals surface area contributed by atoms with Gasteiger partial charge in [-0.2, -0.15) is 0 Å². The number of hydrogen-bond acceptors (Lipinski definition) is 4. The molecule has 5 heteroatoms. The van der Waals surface area contributed by atoms with E-state index in [0.29, 0.717) is 5.30 Å². The van der Waals surface area contributed by atoms with Gasteiger partial charge < -0.3 is 4.52 Å². The predicted octanol–water partition coefficient (Wildman–Crippen LogP) is 3.52. The lowest BCUT2D eigenvalue weighted by atomic mass is 9.98. The number of carbonyl (C=O) groups excluding carboxylic acids is 1. The molecule has 1 rings (SSSR count). The molecule has 0 heterocycles. The van der Waals surface area contributed by atoms with Crippen LogP contribution in [-0.4, -0.2) is 12.1 Å². The molecule has 106 valence electrons. The zero-order chi connectivity index (χ0) is 14.7. The van der Waals surface area contributed by atoms with E-state index in [-0.39, 0.29) is 6.10 Å². The third-order valence-corrected chi connectivity index (χ3v) is 4.27. The second kappa shape index (κ2) is 5.89. The van der Waals surface area contributed by atoms with Gasteiger partial charge in [0.1, 0.15) is 0 Å². The minimum atomic E-state index is -3.63. The fraction of sp³-hybridized carbons (Fsp3) is 0.500. The van der Waals surface area contributed by atoms with Crippen LogP contribution in [0.4, 0.5) is 0 Å². The van der Waals surface area contributed by atoms with Gasteiger partial charge >= 0.3 is 13.6 Å². The van der Waals surface area contributed by atoms with E-state index in [4.69, 9.17) is 9.05 Å². The highest BCUT2D eigenvalue weighted by atomic mass is 31.2. The molecule has 0 spiro atoms. The predicted molar refractivity (Wildman–Crippen MR) is 75.5 cm³/mol. The molecule has 0 aliphatic heterocycles. The highest BCUT2D eigenvalue weighted by Gasteiger charge is 2.36. The number of rotatable bonds is 4. The normalized spacial score (nSPS) is 15.1. The molecular weight excluding hydrogens is 263 g/mol. The molecule has 1 aromatic rings. The van der Waals surface area contributed by atoms with Crippen molar-refractivity contribution in [2.45, 2.75) is 40.7 Å². The van der Waals surface area contributed by atoms with Gasteiger partial charge in [0, 0.05) is 0 Å². The van der Waals surface area contributed by atoms with Crippen LogP contribution in [0, 0.1) is 5.41 Å². The molecule has 0 N–H and O–H groups in total. The van der Waals surface area contributed by atoms with Crippen molar-refractivity contribution in [2.24, 2.45) is 5.41 Å². The highest BCUT2D eigenvalue weighted by molar-refractivity contribution is 7.62. The largest absolute Gasteiger partial charge is 0.413 e. The molecule has 1 aromatic carbocycles. The molecule has 0 aliphatic rings. The quantitative estimate of drug-likeness (QED) is 0.794. The number of benzene rings is 1.